The molecule has 0 N–H and O–H groups in total. The second-order valence-corrected chi connectivity index (χ2v) is 14.3. The number of ether oxygens (including phenoxy) is 1. The van der Waals surface area contributed by atoms with Gasteiger partial charge < -0.3 is 23.7 Å². The number of hydrogen-bond donors (Lipinski definition) is 0. The van der Waals surface area contributed by atoms with Crippen LogP contribution in [0.3, 0.4) is 0 Å². The molecule has 282 valence electrons. The molecule has 0 radical (unpaired) electrons. The molecule has 7 aromatic carbocycles. The number of nitrogens with zero attached hydrogens (tertiary/aromatic N) is 5. The number of aryl methyl sites for hydroxylation is 1. The molecule has 0 saturated carbocycles. The van der Waals surface area contributed by atoms with Crippen LogP contribution in [0.25, 0.3) is 66.3 Å². The molecule has 0 fully saturated rings. The Balaban J connectivity index is 0.00000408. The number of aromatic nitrogens is 3. The van der Waals surface area contributed by atoms with Crippen molar-refractivity contribution in [1.82, 2.24) is 14.1 Å². The van der Waals surface area contributed by atoms with Crippen molar-refractivity contribution in [1.29, 1.82) is 0 Å². The summed E-state index contributed by atoms with van der Waals surface area (Å²) >= 11 is 0. The average Bonchev–Trinajstić information content (AvgIpc) is 3.95. The first kappa shape index (κ1) is 35.5. The molecule has 1 aliphatic heterocycles. The van der Waals surface area contributed by atoms with Crippen LogP contribution >= 0.6 is 0 Å². The maximum atomic E-state index is 6.60. The van der Waals surface area contributed by atoms with E-state index in [1.54, 1.807) is 0 Å². The van der Waals surface area contributed by atoms with E-state index in [0.717, 1.165) is 66.7 Å². The number of rotatable bonds is 7. The van der Waals surface area contributed by atoms with E-state index >= 15 is 0 Å². The molecule has 7 heteroatoms. The Morgan fingerprint density at radius 3 is 2.09 bits per heavy atom. The Hall–Kier alpha value is -6.88. The summed E-state index contributed by atoms with van der Waals surface area (Å²) in [4.78, 5) is 9.37. The zero-order valence-electron chi connectivity index (χ0n) is 31.4. The van der Waals surface area contributed by atoms with E-state index in [-0.39, 0.29) is 21.1 Å². The fraction of sp³-hybridized carbons (Fsp3) is 0.0196. The van der Waals surface area contributed by atoms with Crippen molar-refractivity contribution in [2.75, 3.05) is 9.80 Å². The molecule has 3 aromatic heterocycles. The van der Waals surface area contributed by atoms with Gasteiger partial charge in [0.25, 0.3) is 0 Å². The first-order valence-electron chi connectivity index (χ1n) is 19.0. The Labute approximate surface area is 350 Å². The van der Waals surface area contributed by atoms with E-state index in [1.807, 2.05) is 48.7 Å². The summed E-state index contributed by atoms with van der Waals surface area (Å²) in [7, 11) is 2.12. The number of anilines is 2. The number of para-hydroxylation sites is 2. The quantitative estimate of drug-likeness (QED) is 0.149. The third-order valence-corrected chi connectivity index (χ3v) is 10.9. The number of hydrogen-bond acceptors (Lipinski definition) is 4. The predicted molar refractivity (Wildman–Crippen MR) is 232 cm³/mol. The van der Waals surface area contributed by atoms with Crippen molar-refractivity contribution in [2.45, 2.75) is 0 Å². The Morgan fingerprint density at radius 2 is 1.28 bits per heavy atom. The Bertz CT molecular complexity index is 3150. The van der Waals surface area contributed by atoms with Crippen LogP contribution in [0.2, 0.25) is 0 Å². The number of fused-ring (bicyclic) bond motifs is 6. The standard InChI is InChI=1S/C51H34N5O.Pt/c1-53-46-23-12-11-22-42(46)45-32-52-51(31-48(45)53)56-47-27-24-37(35-14-5-2-6-15-35)28-44(47)43-26-25-41(30-49(43)56)57-40-21-13-20-39(29-40)54-33-50(36-16-7-3-8-17-36)55(34-54)38-18-9-4-10-19-38;/h2-28,31-34H,1H3;/q-3;. The molecule has 0 atom stereocenters. The van der Waals surface area contributed by atoms with E-state index in [2.05, 4.69) is 178 Å². The molecule has 0 aliphatic carbocycles. The van der Waals surface area contributed by atoms with E-state index in [4.69, 9.17) is 9.72 Å². The molecule has 0 unspecified atom stereocenters. The van der Waals surface area contributed by atoms with Gasteiger partial charge >= 0.3 is 0 Å². The van der Waals surface area contributed by atoms with E-state index < -0.39 is 0 Å². The summed E-state index contributed by atoms with van der Waals surface area (Å²) in [6.45, 7) is 2.09. The molecular weight excluding hydrogens is 894 g/mol. The molecule has 4 heterocycles. The smallest absolute Gasteiger partial charge is 0.137 e. The van der Waals surface area contributed by atoms with Gasteiger partial charge in [0, 0.05) is 85.1 Å². The van der Waals surface area contributed by atoms with Gasteiger partial charge in [0.05, 0.1) is 5.52 Å². The van der Waals surface area contributed by atoms with Gasteiger partial charge in [-0.2, -0.15) is 12.1 Å². The maximum absolute atomic E-state index is 6.60. The fourth-order valence-corrected chi connectivity index (χ4v) is 8.12. The SMILES string of the molecule is Cn1c2ccccc2c2cnc(-n3c4[c-]c(Oc5[c-]c(N6C=C(c7ccccc7)N(c7ccccc7)[CH-]6)ccc5)ccc4c4cc(-c5ccccc5)ccc43)cc21.[Pt]. The minimum absolute atomic E-state index is 0. The third-order valence-electron chi connectivity index (χ3n) is 10.9. The van der Waals surface area contributed by atoms with Crippen LogP contribution in [0.15, 0.2) is 182 Å². The van der Waals surface area contributed by atoms with Crippen LogP contribution in [0.1, 0.15) is 5.56 Å². The van der Waals surface area contributed by atoms with Crippen molar-refractivity contribution in [3.8, 4) is 28.4 Å². The van der Waals surface area contributed by atoms with Gasteiger partial charge in [-0.25, -0.2) is 4.98 Å². The van der Waals surface area contributed by atoms with Crippen LogP contribution in [0.5, 0.6) is 11.5 Å². The molecule has 11 rings (SSSR count). The number of pyridine rings is 1. The molecule has 1 aliphatic rings. The molecule has 10 aromatic rings. The summed E-state index contributed by atoms with van der Waals surface area (Å²) in [5.74, 6) is 2.00. The molecular formula is C51H34N5OPt-3. The van der Waals surface area contributed by atoms with Gasteiger partial charge in [0.2, 0.25) is 0 Å². The van der Waals surface area contributed by atoms with E-state index in [0.29, 0.717) is 11.5 Å². The number of benzene rings is 7. The summed E-state index contributed by atoms with van der Waals surface area (Å²) in [5.41, 5.74) is 10.7. The van der Waals surface area contributed by atoms with Crippen molar-refractivity contribution >= 4 is 60.7 Å². The minimum Gasteiger partial charge on any atom is -0.509 e. The van der Waals surface area contributed by atoms with Gasteiger partial charge in [0.15, 0.2) is 0 Å². The summed E-state index contributed by atoms with van der Waals surface area (Å²) in [6, 6.07) is 65.9. The largest absolute Gasteiger partial charge is 0.509 e. The first-order valence-corrected chi connectivity index (χ1v) is 19.0. The molecule has 0 amide bonds. The Morgan fingerprint density at radius 1 is 0.552 bits per heavy atom. The zero-order chi connectivity index (χ0) is 37.9. The second kappa shape index (κ2) is 14.6. The van der Waals surface area contributed by atoms with Crippen molar-refractivity contribution in [3.05, 3.63) is 207 Å². The van der Waals surface area contributed by atoms with Crippen LogP contribution < -0.4 is 14.5 Å². The summed E-state index contributed by atoms with van der Waals surface area (Å²) < 4.78 is 11.0. The minimum atomic E-state index is 0. The van der Waals surface area contributed by atoms with Gasteiger partial charge in [-0.3, -0.25) is 0 Å². The van der Waals surface area contributed by atoms with E-state index in [9.17, 15) is 0 Å². The normalized spacial score (nSPS) is 12.7. The predicted octanol–water partition coefficient (Wildman–Crippen LogP) is 12.3. The topological polar surface area (TPSA) is 38.5 Å². The maximum Gasteiger partial charge on any atom is 0.137 e. The monoisotopic (exact) mass is 927 g/mol. The van der Waals surface area contributed by atoms with Crippen LogP contribution in [0.4, 0.5) is 11.4 Å². The molecule has 0 spiro atoms. The van der Waals surface area contributed by atoms with Gasteiger partial charge in [-0.15, -0.1) is 48.1 Å². The molecule has 6 nitrogen and oxygen atoms in total. The second-order valence-electron chi connectivity index (χ2n) is 14.3. The zero-order valence-corrected chi connectivity index (χ0v) is 33.6. The van der Waals surface area contributed by atoms with Gasteiger partial charge in [-0.05, 0) is 52.5 Å². The molecule has 0 bridgehead atoms. The average molecular weight is 928 g/mol. The summed E-state index contributed by atoms with van der Waals surface area (Å²) in [6.07, 6.45) is 4.13. The third kappa shape index (κ3) is 6.05. The molecule has 58 heavy (non-hydrogen) atoms. The van der Waals surface area contributed by atoms with Crippen molar-refractivity contribution in [3.63, 3.8) is 0 Å². The first-order chi connectivity index (χ1) is 28.2. The van der Waals surface area contributed by atoms with Crippen LogP contribution in [-0.4, -0.2) is 14.1 Å². The van der Waals surface area contributed by atoms with Crippen LogP contribution in [0, 0.1) is 18.8 Å². The molecule has 0 saturated heterocycles. The fourth-order valence-electron chi connectivity index (χ4n) is 8.12. The van der Waals surface area contributed by atoms with E-state index in [1.165, 1.54) is 16.5 Å². The van der Waals surface area contributed by atoms with Crippen molar-refractivity contribution < 1.29 is 25.8 Å². The van der Waals surface area contributed by atoms with Crippen molar-refractivity contribution in [2.24, 2.45) is 7.05 Å². The van der Waals surface area contributed by atoms with Crippen LogP contribution in [-0.2, 0) is 28.1 Å². The Kier molecular flexibility index (Phi) is 8.92. The van der Waals surface area contributed by atoms with Gasteiger partial charge in [0.1, 0.15) is 5.82 Å². The summed E-state index contributed by atoms with van der Waals surface area (Å²) in [5, 5.41) is 4.50. The van der Waals surface area contributed by atoms with Gasteiger partial charge in [-0.1, -0.05) is 115 Å².